The standard InChI is InChI=1S/C11H17N/c1-2-3-4-7-12-8-5-6-10-9-11(10)12/h10-11H,4-9H2,1H3/t10-,11+/m1/s1. The number of nitrogens with zero attached hydrogens (tertiary/aromatic N) is 1. The van der Waals surface area contributed by atoms with Gasteiger partial charge in [0, 0.05) is 19.0 Å². The van der Waals surface area contributed by atoms with Crippen molar-refractivity contribution in [2.24, 2.45) is 5.92 Å². The molecule has 0 radical (unpaired) electrons. The Kier molecular flexibility index (Phi) is 2.37. The highest BCUT2D eigenvalue weighted by molar-refractivity contribution is 5.01. The maximum atomic E-state index is 3.14. The quantitative estimate of drug-likeness (QED) is 0.562. The van der Waals surface area contributed by atoms with Crippen LogP contribution in [0.2, 0.25) is 0 Å². The monoisotopic (exact) mass is 163 g/mol. The normalized spacial score (nSPS) is 33.4. The lowest BCUT2D eigenvalue weighted by Crippen LogP contribution is -2.32. The Morgan fingerprint density at radius 3 is 3.25 bits per heavy atom. The van der Waals surface area contributed by atoms with Crippen LogP contribution in [0, 0.1) is 17.8 Å². The summed E-state index contributed by atoms with van der Waals surface area (Å²) in [5.74, 6) is 7.17. The van der Waals surface area contributed by atoms with Crippen molar-refractivity contribution in [3.63, 3.8) is 0 Å². The van der Waals surface area contributed by atoms with Gasteiger partial charge in [-0.2, -0.15) is 0 Å². The van der Waals surface area contributed by atoms with Crippen molar-refractivity contribution in [2.75, 3.05) is 13.1 Å². The van der Waals surface area contributed by atoms with Gasteiger partial charge in [-0.05, 0) is 38.6 Å². The molecule has 1 nitrogen and oxygen atoms in total. The number of fused-ring (bicyclic) bond motifs is 1. The number of hydrogen-bond acceptors (Lipinski definition) is 1. The summed E-state index contributed by atoms with van der Waals surface area (Å²) in [6, 6.07) is 0.956. The summed E-state index contributed by atoms with van der Waals surface area (Å²) in [5.41, 5.74) is 0. The predicted octanol–water partition coefficient (Wildman–Crippen LogP) is 1.88. The van der Waals surface area contributed by atoms with Crippen LogP contribution in [0.25, 0.3) is 0 Å². The molecule has 1 heteroatoms. The first-order valence-electron chi connectivity index (χ1n) is 5.05. The maximum Gasteiger partial charge on any atom is 0.0217 e. The lowest BCUT2D eigenvalue weighted by atomic mass is 10.1. The molecule has 1 aliphatic heterocycles. The summed E-state index contributed by atoms with van der Waals surface area (Å²) in [6.45, 7) is 4.46. The predicted molar refractivity (Wildman–Crippen MR) is 50.8 cm³/mol. The zero-order valence-electron chi connectivity index (χ0n) is 7.84. The summed E-state index contributed by atoms with van der Waals surface area (Å²) >= 11 is 0. The van der Waals surface area contributed by atoms with E-state index in [1.165, 1.54) is 32.4 Å². The molecule has 0 N–H and O–H groups in total. The van der Waals surface area contributed by atoms with Crippen molar-refractivity contribution in [1.29, 1.82) is 0 Å². The fourth-order valence-corrected chi connectivity index (χ4v) is 2.31. The highest BCUT2D eigenvalue weighted by atomic mass is 15.2. The molecule has 2 rings (SSSR count). The third kappa shape index (κ3) is 1.64. The molecule has 0 aromatic carbocycles. The molecule has 66 valence electrons. The van der Waals surface area contributed by atoms with Crippen LogP contribution in [0.4, 0.5) is 0 Å². The molecule has 0 spiro atoms. The number of hydrogen-bond donors (Lipinski definition) is 0. The van der Waals surface area contributed by atoms with Gasteiger partial charge >= 0.3 is 0 Å². The fourth-order valence-electron chi connectivity index (χ4n) is 2.31. The number of rotatable bonds is 2. The summed E-state index contributed by atoms with van der Waals surface area (Å²) in [7, 11) is 0. The van der Waals surface area contributed by atoms with E-state index in [4.69, 9.17) is 0 Å². The van der Waals surface area contributed by atoms with Gasteiger partial charge in [0.25, 0.3) is 0 Å². The average Bonchev–Trinajstić information content (AvgIpc) is 2.84. The zero-order chi connectivity index (χ0) is 8.39. The molecular formula is C11H17N. The van der Waals surface area contributed by atoms with Crippen molar-refractivity contribution in [3.05, 3.63) is 0 Å². The van der Waals surface area contributed by atoms with E-state index in [-0.39, 0.29) is 0 Å². The van der Waals surface area contributed by atoms with E-state index in [2.05, 4.69) is 16.7 Å². The Bertz CT molecular complexity index is 211. The van der Waals surface area contributed by atoms with Crippen molar-refractivity contribution >= 4 is 0 Å². The van der Waals surface area contributed by atoms with Crippen LogP contribution in [0.5, 0.6) is 0 Å². The molecule has 1 saturated carbocycles. The summed E-state index contributed by atoms with van der Waals surface area (Å²) in [5, 5.41) is 0. The fraction of sp³-hybridized carbons (Fsp3) is 0.818. The molecule has 2 fully saturated rings. The summed E-state index contributed by atoms with van der Waals surface area (Å²) < 4.78 is 0. The molecule has 0 aromatic heterocycles. The molecule has 0 unspecified atom stereocenters. The first-order valence-corrected chi connectivity index (χ1v) is 5.05. The van der Waals surface area contributed by atoms with Crippen LogP contribution >= 0.6 is 0 Å². The van der Waals surface area contributed by atoms with Gasteiger partial charge in [-0.15, -0.1) is 11.8 Å². The van der Waals surface area contributed by atoms with Gasteiger partial charge in [-0.25, -0.2) is 0 Å². The van der Waals surface area contributed by atoms with Crippen molar-refractivity contribution < 1.29 is 0 Å². The molecule has 2 atom stereocenters. The SMILES string of the molecule is CC#CCCN1CCC[C@@H]2C[C@@H]21. The first kappa shape index (κ1) is 8.13. The molecule has 1 aliphatic carbocycles. The van der Waals surface area contributed by atoms with E-state index >= 15 is 0 Å². The molecule has 12 heavy (non-hydrogen) atoms. The van der Waals surface area contributed by atoms with Gasteiger partial charge in [0.1, 0.15) is 0 Å². The van der Waals surface area contributed by atoms with E-state index in [1.54, 1.807) is 0 Å². The van der Waals surface area contributed by atoms with E-state index in [1.807, 2.05) is 6.92 Å². The average molecular weight is 163 g/mol. The number of piperidine rings is 1. The van der Waals surface area contributed by atoms with Crippen molar-refractivity contribution in [3.8, 4) is 11.8 Å². The molecule has 1 heterocycles. The van der Waals surface area contributed by atoms with Crippen LogP contribution in [0.3, 0.4) is 0 Å². The Balaban J connectivity index is 1.75. The Hall–Kier alpha value is -0.480. The Morgan fingerprint density at radius 1 is 1.50 bits per heavy atom. The summed E-state index contributed by atoms with van der Waals surface area (Å²) in [6.07, 6.45) is 5.45. The van der Waals surface area contributed by atoms with Crippen LogP contribution in [-0.2, 0) is 0 Å². The second-order valence-corrected chi connectivity index (χ2v) is 3.92. The highest BCUT2D eigenvalue weighted by Crippen LogP contribution is 2.42. The largest absolute Gasteiger partial charge is 0.299 e. The van der Waals surface area contributed by atoms with E-state index < -0.39 is 0 Å². The summed E-state index contributed by atoms with van der Waals surface area (Å²) in [4.78, 5) is 2.64. The smallest absolute Gasteiger partial charge is 0.0217 e. The molecule has 0 bridgehead atoms. The molecule has 0 amide bonds. The van der Waals surface area contributed by atoms with Gasteiger partial charge in [-0.3, -0.25) is 4.90 Å². The lowest BCUT2D eigenvalue weighted by Gasteiger charge is -2.25. The van der Waals surface area contributed by atoms with Gasteiger partial charge < -0.3 is 0 Å². The minimum Gasteiger partial charge on any atom is -0.299 e. The van der Waals surface area contributed by atoms with Crippen molar-refractivity contribution in [1.82, 2.24) is 4.90 Å². The van der Waals surface area contributed by atoms with E-state index in [0.717, 1.165) is 18.4 Å². The minimum absolute atomic E-state index is 0.956. The van der Waals surface area contributed by atoms with E-state index in [0.29, 0.717) is 0 Å². The third-order valence-corrected chi connectivity index (χ3v) is 3.08. The molecule has 1 saturated heterocycles. The van der Waals surface area contributed by atoms with Gasteiger partial charge in [0.15, 0.2) is 0 Å². The number of likely N-dealkylation sites (tertiary alicyclic amines) is 1. The zero-order valence-corrected chi connectivity index (χ0v) is 7.84. The van der Waals surface area contributed by atoms with Crippen molar-refractivity contribution in [2.45, 2.75) is 38.6 Å². The lowest BCUT2D eigenvalue weighted by molar-refractivity contribution is 0.220. The topological polar surface area (TPSA) is 3.24 Å². The van der Waals surface area contributed by atoms with Crippen LogP contribution in [-0.4, -0.2) is 24.0 Å². The maximum absolute atomic E-state index is 3.14. The van der Waals surface area contributed by atoms with Crippen LogP contribution < -0.4 is 0 Å². The third-order valence-electron chi connectivity index (χ3n) is 3.08. The van der Waals surface area contributed by atoms with Gasteiger partial charge in [0.05, 0.1) is 0 Å². The van der Waals surface area contributed by atoms with E-state index in [9.17, 15) is 0 Å². The Morgan fingerprint density at radius 2 is 2.42 bits per heavy atom. The molecular weight excluding hydrogens is 146 g/mol. The molecule has 2 aliphatic rings. The second-order valence-electron chi connectivity index (χ2n) is 3.92. The highest BCUT2D eigenvalue weighted by Gasteiger charge is 2.43. The van der Waals surface area contributed by atoms with Crippen LogP contribution in [0.1, 0.15) is 32.6 Å². The first-order chi connectivity index (χ1) is 5.92. The Labute approximate surface area is 75.1 Å². The van der Waals surface area contributed by atoms with Gasteiger partial charge in [0.2, 0.25) is 0 Å². The molecule has 0 aromatic rings. The van der Waals surface area contributed by atoms with Crippen LogP contribution in [0.15, 0.2) is 0 Å². The van der Waals surface area contributed by atoms with Gasteiger partial charge in [-0.1, -0.05) is 0 Å². The second kappa shape index (κ2) is 3.49. The minimum atomic E-state index is 0.956.